The average Bonchev–Trinajstić information content (AvgIpc) is 2.62. The van der Waals surface area contributed by atoms with Crippen LogP contribution in [0.4, 0.5) is 10.1 Å². The molecule has 0 aliphatic heterocycles. The standard InChI is InChI=1S/C20H13FN2O/c21-18-12-15(14-6-2-1-3-7-14)10-11-17(18)20(24)23-19-9-5-4-8-16(19)13-22/h1-12H,(H,23,24). The molecule has 0 aromatic heterocycles. The van der Waals surface area contributed by atoms with Crippen LogP contribution in [0.3, 0.4) is 0 Å². The van der Waals surface area contributed by atoms with E-state index in [0.29, 0.717) is 16.8 Å². The number of rotatable bonds is 3. The van der Waals surface area contributed by atoms with Gasteiger partial charge in [0.15, 0.2) is 0 Å². The van der Waals surface area contributed by atoms with Gasteiger partial charge < -0.3 is 5.32 Å². The summed E-state index contributed by atoms with van der Waals surface area (Å²) in [6, 6.07) is 22.4. The maximum Gasteiger partial charge on any atom is 0.258 e. The maximum absolute atomic E-state index is 14.3. The molecule has 0 saturated heterocycles. The molecule has 0 bridgehead atoms. The zero-order chi connectivity index (χ0) is 16.9. The Balaban J connectivity index is 1.87. The van der Waals surface area contributed by atoms with Crippen LogP contribution in [0.1, 0.15) is 15.9 Å². The normalized spacial score (nSPS) is 10.0. The molecule has 0 aliphatic rings. The summed E-state index contributed by atoms with van der Waals surface area (Å²) in [4.78, 5) is 12.3. The van der Waals surface area contributed by atoms with E-state index >= 15 is 0 Å². The molecular weight excluding hydrogens is 303 g/mol. The van der Waals surface area contributed by atoms with Crippen molar-refractivity contribution in [1.29, 1.82) is 5.26 Å². The highest BCUT2D eigenvalue weighted by molar-refractivity contribution is 6.05. The van der Waals surface area contributed by atoms with Crippen molar-refractivity contribution < 1.29 is 9.18 Å². The third-order valence-electron chi connectivity index (χ3n) is 3.62. The van der Waals surface area contributed by atoms with Crippen LogP contribution in [0.2, 0.25) is 0 Å². The van der Waals surface area contributed by atoms with Crippen molar-refractivity contribution in [2.24, 2.45) is 0 Å². The first-order valence-electron chi connectivity index (χ1n) is 7.34. The average molecular weight is 316 g/mol. The van der Waals surface area contributed by atoms with Crippen molar-refractivity contribution in [3.8, 4) is 17.2 Å². The van der Waals surface area contributed by atoms with E-state index in [1.54, 1.807) is 30.3 Å². The summed E-state index contributed by atoms with van der Waals surface area (Å²) in [5.74, 6) is -1.20. The van der Waals surface area contributed by atoms with Crippen LogP contribution >= 0.6 is 0 Å². The van der Waals surface area contributed by atoms with Crippen LogP contribution in [-0.2, 0) is 0 Å². The van der Waals surface area contributed by atoms with Crippen LogP contribution in [0.15, 0.2) is 72.8 Å². The highest BCUT2D eigenvalue weighted by Gasteiger charge is 2.14. The van der Waals surface area contributed by atoms with E-state index in [9.17, 15) is 9.18 Å². The van der Waals surface area contributed by atoms with Crippen molar-refractivity contribution >= 4 is 11.6 Å². The van der Waals surface area contributed by atoms with Crippen molar-refractivity contribution in [3.63, 3.8) is 0 Å². The summed E-state index contributed by atoms with van der Waals surface area (Å²) in [7, 11) is 0. The molecule has 3 nitrogen and oxygen atoms in total. The number of hydrogen-bond acceptors (Lipinski definition) is 2. The van der Waals surface area contributed by atoms with Gasteiger partial charge in [0.1, 0.15) is 11.9 Å². The highest BCUT2D eigenvalue weighted by Crippen LogP contribution is 2.23. The van der Waals surface area contributed by atoms with Crippen molar-refractivity contribution in [3.05, 3.63) is 89.7 Å². The molecule has 0 atom stereocenters. The number of nitriles is 1. The Labute approximate surface area is 139 Å². The van der Waals surface area contributed by atoms with E-state index in [0.717, 1.165) is 5.56 Å². The molecular formula is C20H13FN2O. The molecule has 3 aromatic carbocycles. The van der Waals surface area contributed by atoms with Gasteiger partial charge in [0.05, 0.1) is 16.8 Å². The molecule has 0 unspecified atom stereocenters. The molecule has 3 aromatic rings. The Morgan fingerprint density at radius 3 is 2.33 bits per heavy atom. The number of hydrogen-bond donors (Lipinski definition) is 1. The number of amides is 1. The summed E-state index contributed by atoms with van der Waals surface area (Å²) in [6.45, 7) is 0. The first kappa shape index (κ1) is 15.4. The highest BCUT2D eigenvalue weighted by atomic mass is 19.1. The number of para-hydroxylation sites is 1. The number of nitrogens with one attached hydrogen (secondary N) is 1. The van der Waals surface area contributed by atoms with Gasteiger partial charge in [0.25, 0.3) is 5.91 Å². The molecule has 0 heterocycles. The van der Waals surface area contributed by atoms with E-state index in [1.165, 1.54) is 12.1 Å². The van der Waals surface area contributed by atoms with Gasteiger partial charge in [-0.15, -0.1) is 0 Å². The fourth-order valence-electron chi connectivity index (χ4n) is 2.39. The van der Waals surface area contributed by atoms with E-state index in [-0.39, 0.29) is 5.56 Å². The smallest absolute Gasteiger partial charge is 0.258 e. The summed E-state index contributed by atoms with van der Waals surface area (Å²) < 4.78 is 14.3. The first-order chi connectivity index (χ1) is 11.7. The molecule has 3 rings (SSSR count). The van der Waals surface area contributed by atoms with Gasteiger partial charge in [-0.25, -0.2) is 4.39 Å². The fourth-order valence-corrected chi connectivity index (χ4v) is 2.39. The van der Waals surface area contributed by atoms with Gasteiger partial charge in [0.2, 0.25) is 0 Å². The van der Waals surface area contributed by atoms with Crippen LogP contribution in [-0.4, -0.2) is 5.91 Å². The number of carbonyl (C=O) groups excluding carboxylic acids is 1. The van der Waals surface area contributed by atoms with Gasteiger partial charge in [-0.2, -0.15) is 5.26 Å². The maximum atomic E-state index is 14.3. The van der Waals surface area contributed by atoms with Crippen molar-refractivity contribution in [2.45, 2.75) is 0 Å². The lowest BCUT2D eigenvalue weighted by atomic mass is 10.0. The molecule has 0 fully saturated rings. The number of nitrogens with zero attached hydrogens (tertiary/aromatic N) is 1. The lowest BCUT2D eigenvalue weighted by Gasteiger charge is -2.09. The van der Waals surface area contributed by atoms with Crippen LogP contribution in [0.25, 0.3) is 11.1 Å². The second-order valence-corrected chi connectivity index (χ2v) is 5.17. The van der Waals surface area contributed by atoms with Crippen LogP contribution < -0.4 is 5.32 Å². The molecule has 0 spiro atoms. The predicted molar refractivity (Wildman–Crippen MR) is 90.9 cm³/mol. The molecule has 24 heavy (non-hydrogen) atoms. The zero-order valence-corrected chi connectivity index (χ0v) is 12.7. The van der Waals surface area contributed by atoms with E-state index < -0.39 is 11.7 Å². The summed E-state index contributed by atoms with van der Waals surface area (Å²) in [5, 5.41) is 11.6. The minimum absolute atomic E-state index is 0.0672. The third kappa shape index (κ3) is 3.16. The minimum atomic E-state index is -0.608. The number of benzene rings is 3. The summed E-state index contributed by atoms with van der Waals surface area (Å²) in [5.41, 5.74) is 2.19. The molecule has 116 valence electrons. The Hall–Kier alpha value is -3.45. The van der Waals surface area contributed by atoms with Crippen LogP contribution in [0, 0.1) is 17.1 Å². The van der Waals surface area contributed by atoms with E-state index in [2.05, 4.69) is 5.32 Å². The Bertz CT molecular complexity index is 930. The van der Waals surface area contributed by atoms with Crippen molar-refractivity contribution in [1.82, 2.24) is 0 Å². The third-order valence-corrected chi connectivity index (χ3v) is 3.62. The fraction of sp³-hybridized carbons (Fsp3) is 0. The Morgan fingerprint density at radius 2 is 1.62 bits per heavy atom. The molecule has 1 amide bonds. The minimum Gasteiger partial charge on any atom is -0.321 e. The summed E-state index contributed by atoms with van der Waals surface area (Å²) >= 11 is 0. The largest absolute Gasteiger partial charge is 0.321 e. The zero-order valence-electron chi connectivity index (χ0n) is 12.7. The first-order valence-corrected chi connectivity index (χ1v) is 7.34. The predicted octanol–water partition coefficient (Wildman–Crippen LogP) is 4.62. The quantitative estimate of drug-likeness (QED) is 0.766. The van der Waals surface area contributed by atoms with E-state index in [1.807, 2.05) is 36.4 Å². The number of anilines is 1. The lowest BCUT2D eigenvalue weighted by Crippen LogP contribution is -2.14. The van der Waals surface area contributed by atoms with Gasteiger partial charge in [-0.1, -0.05) is 48.5 Å². The Morgan fingerprint density at radius 1 is 0.917 bits per heavy atom. The van der Waals surface area contributed by atoms with Gasteiger partial charge in [0, 0.05) is 0 Å². The second kappa shape index (κ2) is 6.76. The molecule has 0 aliphatic carbocycles. The molecule has 0 saturated carbocycles. The second-order valence-electron chi connectivity index (χ2n) is 5.17. The number of carbonyl (C=O) groups is 1. The van der Waals surface area contributed by atoms with E-state index in [4.69, 9.17) is 5.26 Å². The number of halogens is 1. The molecule has 1 N–H and O–H groups in total. The van der Waals surface area contributed by atoms with Crippen LogP contribution in [0.5, 0.6) is 0 Å². The van der Waals surface area contributed by atoms with Gasteiger partial charge in [-0.3, -0.25) is 4.79 Å². The summed E-state index contributed by atoms with van der Waals surface area (Å²) in [6.07, 6.45) is 0. The monoisotopic (exact) mass is 316 g/mol. The molecule has 0 radical (unpaired) electrons. The van der Waals surface area contributed by atoms with Gasteiger partial charge >= 0.3 is 0 Å². The SMILES string of the molecule is N#Cc1ccccc1NC(=O)c1ccc(-c2ccccc2)cc1F. The topological polar surface area (TPSA) is 52.9 Å². The molecule has 4 heteroatoms. The van der Waals surface area contributed by atoms with Crippen molar-refractivity contribution in [2.75, 3.05) is 5.32 Å². The Kier molecular flexibility index (Phi) is 4.35. The van der Waals surface area contributed by atoms with Gasteiger partial charge in [-0.05, 0) is 35.4 Å². The lowest BCUT2D eigenvalue weighted by molar-refractivity contribution is 0.102.